The number of nitrogens with zero attached hydrogens (tertiary/aromatic N) is 3. The Bertz CT molecular complexity index is 988. The lowest BCUT2D eigenvalue weighted by Crippen LogP contribution is -2.13. The summed E-state index contributed by atoms with van der Waals surface area (Å²) in [6.07, 6.45) is 10.9. The number of benzene rings is 1. The lowest BCUT2D eigenvalue weighted by molar-refractivity contribution is 0.0966. The minimum Gasteiger partial charge on any atom is -0.367 e. The molecule has 3 aromatic rings. The van der Waals surface area contributed by atoms with E-state index in [-0.39, 0.29) is 5.91 Å². The van der Waals surface area contributed by atoms with Crippen LogP contribution in [0.2, 0.25) is 0 Å². The van der Waals surface area contributed by atoms with Gasteiger partial charge in [-0.2, -0.15) is 0 Å². The minimum atomic E-state index is 0.00362. The van der Waals surface area contributed by atoms with E-state index in [9.17, 15) is 4.79 Å². The van der Waals surface area contributed by atoms with Crippen LogP contribution in [0.1, 0.15) is 55.5 Å². The Kier molecular flexibility index (Phi) is 5.28. The fourth-order valence-electron chi connectivity index (χ4n) is 4.10. The first kappa shape index (κ1) is 18.5. The number of carbonyl (C=O) groups is 1. The molecule has 5 rings (SSSR count). The van der Waals surface area contributed by atoms with Crippen LogP contribution in [-0.2, 0) is 6.54 Å². The Labute approximate surface area is 165 Å². The van der Waals surface area contributed by atoms with Crippen LogP contribution in [0.4, 0.5) is 5.82 Å². The second-order valence-electron chi connectivity index (χ2n) is 7.20. The number of imidazole rings is 1. The van der Waals surface area contributed by atoms with E-state index in [0.717, 1.165) is 46.3 Å². The van der Waals surface area contributed by atoms with Gasteiger partial charge in [0.05, 0.1) is 11.9 Å². The predicted octanol–water partition coefficient (Wildman–Crippen LogP) is 4.27. The number of hydrogen-bond acceptors (Lipinski definition) is 4. The van der Waals surface area contributed by atoms with Crippen molar-refractivity contribution in [1.29, 1.82) is 0 Å². The molecule has 2 aromatic heterocycles. The van der Waals surface area contributed by atoms with Crippen LogP contribution in [0.15, 0.2) is 36.8 Å². The lowest BCUT2D eigenvalue weighted by Gasteiger charge is -2.13. The summed E-state index contributed by atoms with van der Waals surface area (Å²) in [5.74, 6) is 1.58. The first-order chi connectivity index (χ1) is 13.8. The van der Waals surface area contributed by atoms with Gasteiger partial charge in [0.1, 0.15) is 0 Å². The van der Waals surface area contributed by atoms with Crippen LogP contribution in [0.3, 0.4) is 0 Å². The molecule has 0 bridgehead atoms. The Hall–Kier alpha value is -2.89. The van der Waals surface area contributed by atoms with Crippen molar-refractivity contribution in [2.45, 2.75) is 46.1 Å². The highest BCUT2D eigenvalue weighted by Gasteiger charge is 2.20. The van der Waals surface area contributed by atoms with E-state index in [0.29, 0.717) is 6.54 Å². The van der Waals surface area contributed by atoms with Crippen molar-refractivity contribution in [2.24, 2.45) is 5.92 Å². The van der Waals surface area contributed by atoms with Crippen molar-refractivity contribution in [3.05, 3.63) is 47.9 Å². The molecule has 6 heteroatoms. The molecule has 1 saturated carbocycles. The van der Waals surface area contributed by atoms with Crippen LogP contribution in [0.5, 0.6) is 0 Å². The van der Waals surface area contributed by atoms with Gasteiger partial charge in [-0.15, -0.1) is 0 Å². The molecule has 1 aromatic carbocycles. The average Bonchev–Trinajstić information content (AvgIpc) is 3.49. The van der Waals surface area contributed by atoms with Gasteiger partial charge in [-0.25, -0.2) is 9.97 Å². The highest BCUT2D eigenvalue weighted by Crippen LogP contribution is 2.28. The molecule has 0 spiro atoms. The van der Waals surface area contributed by atoms with E-state index in [1.165, 1.54) is 25.7 Å². The highest BCUT2D eigenvalue weighted by atomic mass is 16.1. The molecular formula is C22H27N5O. The molecule has 0 radical (unpaired) electrons. The summed E-state index contributed by atoms with van der Waals surface area (Å²) in [4.78, 5) is 20.9. The van der Waals surface area contributed by atoms with E-state index < -0.39 is 0 Å². The summed E-state index contributed by atoms with van der Waals surface area (Å²) in [6, 6.07) is 5.93. The van der Waals surface area contributed by atoms with Crippen molar-refractivity contribution in [3.63, 3.8) is 0 Å². The van der Waals surface area contributed by atoms with Gasteiger partial charge in [0.2, 0.25) is 0 Å². The Morgan fingerprint density at radius 3 is 2.86 bits per heavy atom. The molecule has 146 valence electrons. The van der Waals surface area contributed by atoms with E-state index in [1.54, 1.807) is 6.20 Å². The molecule has 0 unspecified atom stereocenters. The smallest absolute Gasteiger partial charge is 0.251 e. The van der Waals surface area contributed by atoms with Crippen molar-refractivity contribution >= 4 is 17.4 Å². The number of rotatable bonds is 4. The van der Waals surface area contributed by atoms with Crippen molar-refractivity contribution < 1.29 is 4.79 Å². The van der Waals surface area contributed by atoms with Crippen molar-refractivity contribution in [2.75, 3.05) is 11.9 Å². The number of amides is 1. The van der Waals surface area contributed by atoms with Gasteiger partial charge in [-0.3, -0.25) is 9.20 Å². The SMILES string of the molecule is CC.O=C1NCc2cc(-c3cnc(NCC4CCCC4)c4nccn34)ccc21. The maximum atomic E-state index is 11.8. The number of hydrogen-bond donors (Lipinski definition) is 2. The molecule has 1 fully saturated rings. The van der Waals surface area contributed by atoms with Gasteiger partial charge in [0, 0.05) is 36.6 Å². The maximum absolute atomic E-state index is 11.8. The standard InChI is InChI=1S/C20H21N5O.C2H6/c26-20-16-6-5-14(9-15(16)11-24-20)17-12-23-18(19-21-7-8-25(17)19)22-10-13-3-1-2-4-13;1-2/h5-9,12-13H,1-4,10-11H2,(H,22,23)(H,24,26);1-2H3. The van der Waals surface area contributed by atoms with Crippen LogP contribution >= 0.6 is 0 Å². The van der Waals surface area contributed by atoms with Crippen LogP contribution in [0, 0.1) is 5.92 Å². The molecular weight excluding hydrogens is 350 g/mol. The quantitative estimate of drug-likeness (QED) is 0.712. The number of carbonyl (C=O) groups excluding carboxylic acids is 1. The lowest BCUT2D eigenvalue weighted by atomic mass is 10.0. The van der Waals surface area contributed by atoms with Crippen LogP contribution in [-0.4, -0.2) is 26.8 Å². The third-order valence-corrected chi connectivity index (χ3v) is 5.55. The summed E-state index contributed by atoms with van der Waals surface area (Å²) in [6.45, 7) is 5.55. The summed E-state index contributed by atoms with van der Waals surface area (Å²) in [5.41, 5.74) is 4.65. The molecule has 28 heavy (non-hydrogen) atoms. The second-order valence-corrected chi connectivity index (χ2v) is 7.20. The van der Waals surface area contributed by atoms with E-state index in [4.69, 9.17) is 0 Å². The normalized spacial score (nSPS) is 15.9. The van der Waals surface area contributed by atoms with E-state index in [1.807, 2.05) is 38.4 Å². The Morgan fingerprint density at radius 2 is 2.04 bits per heavy atom. The zero-order valence-corrected chi connectivity index (χ0v) is 16.5. The molecule has 6 nitrogen and oxygen atoms in total. The fraction of sp³-hybridized carbons (Fsp3) is 0.409. The summed E-state index contributed by atoms with van der Waals surface area (Å²) >= 11 is 0. The largest absolute Gasteiger partial charge is 0.367 e. The van der Waals surface area contributed by atoms with Crippen molar-refractivity contribution in [3.8, 4) is 11.3 Å². The summed E-state index contributed by atoms with van der Waals surface area (Å²) < 4.78 is 2.07. The number of nitrogens with one attached hydrogen (secondary N) is 2. The molecule has 1 aliphatic heterocycles. The maximum Gasteiger partial charge on any atom is 0.251 e. The van der Waals surface area contributed by atoms with Gasteiger partial charge >= 0.3 is 0 Å². The van der Waals surface area contributed by atoms with Gasteiger partial charge in [0.15, 0.2) is 11.5 Å². The van der Waals surface area contributed by atoms with Gasteiger partial charge < -0.3 is 10.6 Å². The molecule has 1 amide bonds. The summed E-state index contributed by atoms with van der Waals surface area (Å²) in [7, 11) is 0. The van der Waals surface area contributed by atoms with Crippen LogP contribution in [0.25, 0.3) is 16.9 Å². The monoisotopic (exact) mass is 377 g/mol. The highest BCUT2D eigenvalue weighted by molar-refractivity contribution is 5.98. The van der Waals surface area contributed by atoms with Gasteiger partial charge in [-0.1, -0.05) is 32.8 Å². The predicted molar refractivity (Wildman–Crippen MR) is 111 cm³/mol. The Morgan fingerprint density at radius 1 is 1.21 bits per heavy atom. The molecule has 1 aliphatic carbocycles. The van der Waals surface area contributed by atoms with Gasteiger partial charge in [-0.05, 0) is 36.5 Å². The third kappa shape index (κ3) is 3.35. The molecule has 0 atom stereocenters. The third-order valence-electron chi connectivity index (χ3n) is 5.55. The molecule has 2 aliphatic rings. The minimum absolute atomic E-state index is 0.00362. The van der Waals surface area contributed by atoms with Crippen LogP contribution < -0.4 is 10.6 Å². The van der Waals surface area contributed by atoms with E-state index >= 15 is 0 Å². The zero-order chi connectivity index (χ0) is 19.5. The number of fused-ring (bicyclic) bond motifs is 2. The van der Waals surface area contributed by atoms with Gasteiger partial charge in [0.25, 0.3) is 5.91 Å². The molecule has 3 heterocycles. The van der Waals surface area contributed by atoms with Crippen molar-refractivity contribution in [1.82, 2.24) is 19.7 Å². The zero-order valence-electron chi connectivity index (χ0n) is 16.5. The molecule has 2 N–H and O–H groups in total. The first-order valence-corrected chi connectivity index (χ1v) is 10.3. The number of anilines is 1. The number of aromatic nitrogens is 3. The fourth-order valence-corrected chi connectivity index (χ4v) is 4.10. The topological polar surface area (TPSA) is 71.3 Å². The van der Waals surface area contributed by atoms with E-state index in [2.05, 4.69) is 31.1 Å². The first-order valence-electron chi connectivity index (χ1n) is 10.3. The second kappa shape index (κ2) is 8.00. The average molecular weight is 377 g/mol. The Balaban J connectivity index is 0.000000932. The summed E-state index contributed by atoms with van der Waals surface area (Å²) in [5, 5.41) is 6.36. The molecule has 0 saturated heterocycles.